The Hall–Kier alpha value is -0.580. The number of likely N-dealkylation sites (N-methyl/N-ethyl adjacent to an activating group) is 1. The third kappa shape index (κ3) is 3.96. The molecule has 0 amide bonds. The van der Waals surface area contributed by atoms with Crippen molar-refractivity contribution in [2.24, 2.45) is 0 Å². The Morgan fingerprint density at radius 2 is 2.25 bits per heavy atom. The Labute approximate surface area is 130 Å². The summed E-state index contributed by atoms with van der Waals surface area (Å²) in [5.74, 6) is 0.986. The number of hydrogen-bond donors (Lipinski definition) is 1. The molecule has 0 bridgehead atoms. The lowest BCUT2D eigenvalue weighted by Crippen LogP contribution is -2.40. The number of ether oxygens (including phenoxy) is 1. The van der Waals surface area contributed by atoms with Crippen molar-refractivity contribution in [2.45, 2.75) is 38.3 Å². The van der Waals surface area contributed by atoms with Crippen molar-refractivity contribution >= 4 is 15.9 Å². The average Bonchev–Trinajstić information content (AvgIpc) is 2.46. The highest BCUT2D eigenvalue weighted by molar-refractivity contribution is 9.10. The molecule has 1 aliphatic heterocycles. The van der Waals surface area contributed by atoms with Crippen LogP contribution >= 0.6 is 15.9 Å². The summed E-state index contributed by atoms with van der Waals surface area (Å²) in [6.07, 6.45) is 3.87. The number of nitrogens with one attached hydrogen (secondary N) is 1. The van der Waals surface area contributed by atoms with Crippen molar-refractivity contribution in [3.05, 3.63) is 28.2 Å². The molecule has 3 nitrogen and oxygen atoms in total. The SMILES string of the molecule is CNC(C)c1ccc(Br)cc1OCC1CCCCN1C. The minimum Gasteiger partial charge on any atom is -0.492 e. The van der Waals surface area contributed by atoms with E-state index in [0.29, 0.717) is 12.1 Å². The van der Waals surface area contributed by atoms with Gasteiger partial charge in [0.25, 0.3) is 0 Å². The van der Waals surface area contributed by atoms with Gasteiger partial charge in [0.2, 0.25) is 0 Å². The van der Waals surface area contributed by atoms with E-state index in [9.17, 15) is 0 Å². The van der Waals surface area contributed by atoms with Gasteiger partial charge in [-0.15, -0.1) is 0 Å². The number of benzene rings is 1. The summed E-state index contributed by atoms with van der Waals surface area (Å²) in [7, 11) is 4.18. The lowest BCUT2D eigenvalue weighted by atomic mass is 10.0. The van der Waals surface area contributed by atoms with E-state index < -0.39 is 0 Å². The first-order valence-corrected chi connectivity index (χ1v) is 8.21. The Bertz CT molecular complexity index is 438. The van der Waals surface area contributed by atoms with Gasteiger partial charge in [-0.1, -0.05) is 28.4 Å². The molecule has 1 saturated heterocycles. The zero-order chi connectivity index (χ0) is 14.5. The Morgan fingerprint density at radius 1 is 1.45 bits per heavy atom. The fourth-order valence-electron chi connectivity index (χ4n) is 2.69. The van der Waals surface area contributed by atoms with Crippen molar-refractivity contribution < 1.29 is 4.74 Å². The molecule has 1 N–H and O–H groups in total. The van der Waals surface area contributed by atoms with Crippen molar-refractivity contribution in [3.63, 3.8) is 0 Å². The van der Waals surface area contributed by atoms with Gasteiger partial charge in [0.05, 0.1) is 0 Å². The van der Waals surface area contributed by atoms with Crippen LogP contribution in [0.1, 0.15) is 37.8 Å². The van der Waals surface area contributed by atoms with Crippen molar-refractivity contribution in [2.75, 3.05) is 27.2 Å². The molecule has 1 aliphatic rings. The molecule has 1 heterocycles. The molecule has 0 aliphatic carbocycles. The first-order chi connectivity index (χ1) is 9.61. The van der Waals surface area contributed by atoms with Crippen LogP contribution in [0.5, 0.6) is 5.75 Å². The van der Waals surface area contributed by atoms with E-state index in [2.05, 4.69) is 58.3 Å². The number of piperidine rings is 1. The Balaban J connectivity index is 2.05. The second kappa shape index (κ2) is 7.43. The van der Waals surface area contributed by atoms with Crippen LogP contribution in [0.2, 0.25) is 0 Å². The minimum atomic E-state index is 0.294. The molecule has 1 fully saturated rings. The largest absolute Gasteiger partial charge is 0.492 e. The standard InChI is InChI=1S/C16H25BrN2O/c1-12(18-2)15-8-7-13(17)10-16(15)20-11-14-6-4-5-9-19(14)3/h7-8,10,12,14,18H,4-6,9,11H2,1-3H3. The second-order valence-corrected chi connectivity index (χ2v) is 6.55. The first-order valence-electron chi connectivity index (χ1n) is 7.41. The first kappa shape index (κ1) is 15.8. The van der Waals surface area contributed by atoms with Gasteiger partial charge < -0.3 is 15.0 Å². The van der Waals surface area contributed by atoms with E-state index in [1.54, 1.807) is 0 Å². The van der Waals surface area contributed by atoms with E-state index in [1.807, 2.05) is 7.05 Å². The van der Waals surface area contributed by atoms with Gasteiger partial charge in [0.1, 0.15) is 12.4 Å². The van der Waals surface area contributed by atoms with E-state index in [-0.39, 0.29) is 0 Å². The smallest absolute Gasteiger partial charge is 0.125 e. The predicted molar refractivity (Wildman–Crippen MR) is 87.4 cm³/mol. The molecule has 0 radical (unpaired) electrons. The van der Waals surface area contributed by atoms with Crippen LogP contribution < -0.4 is 10.1 Å². The summed E-state index contributed by atoms with van der Waals surface area (Å²) in [5.41, 5.74) is 1.22. The Morgan fingerprint density at radius 3 is 2.95 bits per heavy atom. The van der Waals surface area contributed by atoms with Crippen molar-refractivity contribution in [3.8, 4) is 5.75 Å². The number of nitrogens with zero attached hydrogens (tertiary/aromatic N) is 1. The predicted octanol–water partition coefficient (Wildman–Crippen LogP) is 3.59. The summed E-state index contributed by atoms with van der Waals surface area (Å²) in [6, 6.07) is 7.11. The third-order valence-electron chi connectivity index (χ3n) is 4.23. The zero-order valence-corrected chi connectivity index (χ0v) is 14.2. The molecule has 2 atom stereocenters. The van der Waals surface area contributed by atoms with Crippen LogP contribution in [0.15, 0.2) is 22.7 Å². The molecule has 4 heteroatoms. The number of halogens is 1. The van der Waals surface area contributed by atoms with E-state index in [4.69, 9.17) is 4.74 Å². The quantitative estimate of drug-likeness (QED) is 0.886. The topological polar surface area (TPSA) is 24.5 Å². The summed E-state index contributed by atoms with van der Waals surface area (Å²) >= 11 is 3.53. The minimum absolute atomic E-state index is 0.294. The van der Waals surface area contributed by atoms with Crippen LogP contribution in [0.4, 0.5) is 0 Å². The van der Waals surface area contributed by atoms with Crippen LogP contribution in [0.25, 0.3) is 0 Å². The molecular weight excluding hydrogens is 316 g/mol. The van der Waals surface area contributed by atoms with Crippen LogP contribution in [0, 0.1) is 0 Å². The van der Waals surface area contributed by atoms with E-state index in [1.165, 1.54) is 31.4 Å². The highest BCUT2D eigenvalue weighted by Crippen LogP contribution is 2.29. The number of rotatable bonds is 5. The van der Waals surface area contributed by atoms with E-state index >= 15 is 0 Å². The summed E-state index contributed by atoms with van der Waals surface area (Å²) in [4.78, 5) is 2.42. The average molecular weight is 341 g/mol. The molecular formula is C16H25BrN2O. The van der Waals surface area contributed by atoms with Gasteiger partial charge in [-0.2, -0.15) is 0 Å². The van der Waals surface area contributed by atoms with Gasteiger partial charge in [-0.05, 0) is 52.5 Å². The zero-order valence-electron chi connectivity index (χ0n) is 12.7. The van der Waals surface area contributed by atoms with Crippen molar-refractivity contribution in [1.29, 1.82) is 0 Å². The van der Waals surface area contributed by atoms with Crippen LogP contribution in [0.3, 0.4) is 0 Å². The van der Waals surface area contributed by atoms with Crippen LogP contribution in [-0.2, 0) is 0 Å². The van der Waals surface area contributed by atoms with Crippen LogP contribution in [-0.4, -0.2) is 38.2 Å². The molecule has 20 heavy (non-hydrogen) atoms. The third-order valence-corrected chi connectivity index (χ3v) is 4.72. The van der Waals surface area contributed by atoms with Gasteiger partial charge >= 0.3 is 0 Å². The summed E-state index contributed by atoms with van der Waals surface area (Å²) < 4.78 is 7.21. The molecule has 1 aromatic rings. The lowest BCUT2D eigenvalue weighted by Gasteiger charge is -2.32. The highest BCUT2D eigenvalue weighted by atomic mass is 79.9. The van der Waals surface area contributed by atoms with Gasteiger partial charge in [-0.25, -0.2) is 0 Å². The van der Waals surface area contributed by atoms with Crippen molar-refractivity contribution in [1.82, 2.24) is 10.2 Å². The number of likely N-dealkylation sites (tertiary alicyclic amines) is 1. The molecule has 0 spiro atoms. The normalized spacial score (nSPS) is 21.7. The summed E-state index contributed by atoms with van der Waals surface area (Å²) in [6.45, 7) is 4.12. The maximum absolute atomic E-state index is 6.14. The molecule has 0 saturated carbocycles. The second-order valence-electron chi connectivity index (χ2n) is 5.63. The molecule has 2 unspecified atom stereocenters. The number of hydrogen-bond acceptors (Lipinski definition) is 3. The highest BCUT2D eigenvalue weighted by Gasteiger charge is 2.20. The molecule has 2 rings (SSSR count). The fourth-order valence-corrected chi connectivity index (χ4v) is 3.03. The van der Waals surface area contributed by atoms with Gasteiger partial charge in [-0.3, -0.25) is 0 Å². The van der Waals surface area contributed by atoms with Gasteiger partial charge in [0, 0.05) is 22.1 Å². The molecule has 112 valence electrons. The Kier molecular flexibility index (Phi) is 5.87. The molecule has 0 aromatic heterocycles. The fraction of sp³-hybridized carbons (Fsp3) is 0.625. The monoisotopic (exact) mass is 340 g/mol. The maximum Gasteiger partial charge on any atom is 0.125 e. The van der Waals surface area contributed by atoms with Gasteiger partial charge in [0.15, 0.2) is 0 Å². The molecule has 1 aromatic carbocycles. The summed E-state index contributed by atoms with van der Waals surface area (Å²) in [5, 5.41) is 3.28. The van der Waals surface area contributed by atoms with E-state index in [0.717, 1.165) is 16.8 Å². The maximum atomic E-state index is 6.14. The lowest BCUT2D eigenvalue weighted by molar-refractivity contribution is 0.124.